The molecule has 0 saturated heterocycles. The van der Waals surface area contributed by atoms with E-state index in [-0.39, 0.29) is 0 Å². The van der Waals surface area contributed by atoms with Gasteiger partial charge in [0.1, 0.15) is 0 Å². The largest absolute Gasteiger partial charge is 0.416 e. The molecular formula is C12H13BrF3N. The predicted molar refractivity (Wildman–Crippen MR) is 65.5 cm³/mol. The van der Waals surface area contributed by atoms with Gasteiger partial charge in [0.2, 0.25) is 0 Å². The van der Waals surface area contributed by atoms with Crippen molar-refractivity contribution in [1.82, 2.24) is 0 Å². The number of nitrogens with two attached hydrogens (primary N) is 1. The van der Waals surface area contributed by atoms with E-state index in [1.165, 1.54) is 6.07 Å². The molecule has 1 atom stereocenters. The zero-order valence-corrected chi connectivity index (χ0v) is 11.1. The van der Waals surface area contributed by atoms with E-state index in [0.717, 1.165) is 17.7 Å². The lowest BCUT2D eigenvalue weighted by Crippen LogP contribution is -2.11. The summed E-state index contributed by atoms with van der Waals surface area (Å²) in [7, 11) is 0. The quantitative estimate of drug-likeness (QED) is 0.803. The van der Waals surface area contributed by atoms with E-state index in [1.807, 2.05) is 13.8 Å². The van der Waals surface area contributed by atoms with Crippen LogP contribution in [0.4, 0.5) is 13.2 Å². The van der Waals surface area contributed by atoms with E-state index in [9.17, 15) is 13.2 Å². The molecule has 0 heterocycles. The smallest absolute Gasteiger partial charge is 0.321 e. The van der Waals surface area contributed by atoms with E-state index in [0.29, 0.717) is 10.0 Å². The monoisotopic (exact) mass is 307 g/mol. The number of alkyl halides is 3. The van der Waals surface area contributed by atoms with Gasteiger partial charge in [-0.1, -0.05) is 27.6 Å². The van der Waals surface area contributed by atoms with Crippen LogP contribution in [0, 0.1) is 0 Å². The Morgan fingerprint density at radius 2 is 1.94 bits per heavy atom. The highest BCUT2D eigenvalue weighted by molar-refractivity contribution is 9.10. The summed E-state index contributed by atoms with van der Waals surface area (Å²) in [5.41, 5.74) is 6.54. The van der Waals surface area contributed by atoms with Crippen molar-refractivity contribution in [3.63, 3.8) is 0 Å². The summed E-state index contributed by atoms with van der Waals surface area (Å²) in [6.07, 6.45) is -2.62. The molecular weight excluding hydrogens is 295 g/mol. The highest BCUT2D eigenvalue weighted by atomic mass is 79.9. The summed E-state index contributed by atoms with van der Waals surface area (Å²) in [6.45, 7) is 3.70. The fourth-order valence-corrected chi connectivity index (χ4v) is 1.94. The van der Waals surface area contributed by atoms with Gasteiger partial charge in [-0.05, 0) is 37.6 Å². The second kappa shape index (κ2) is 5.23. The molecule has 0 aromatic heterocycles. The minimum absolute atomic E-state index is 0.432. The molecule has 0 fully saturated rings. The van der Waals surface area contributed by atoms with E-state index in [4.69, 9.17) is 5.73 Å². The minimum Gasteiger partial charge on any atom is -0.321 e. The molecule has 5 heteroatoms. The lowest BCUT2D eigenvalue weighted by Gasteiger charge is -2.14. The summed E-state index contributed by atoms with van der Waals surface area (Å²) < 4.78 is 38.2. The number of allylic oxidation sites excluding steroid dienone is 1. The molecule has 94 valence electrons. The number of rotatable bonds is 2. The third kappa shape index (κ3) is 3.85. The third-order valence-corrected chi connectivity index (χ3v) is 2.92. The van der Waals surface area contributed by atoms with Crippen molar-refractivity contribution in [2.24, 2.45) is 5.73 Å². The van der Waals surface area contributed by atoms with E-state index in [1.54, 1.807) is 6.08 Å². The molecule has 17 heavy (non-hydrogen) atoms. The first-order valence-electron chi connectivity index (χ1n) is 4.99. The average Bonchev–Trinajstić information content (AvgIpc) is 2.15. The average molecular weight is 308 g/mol. The molecule has 1 unspecified atom stereocenters. The lowest BCUT2D eigenvalue weighted by molar-refractivity contribution is -0.137. The van der Waals surface area contributed by atoms with Gasteiger partial charge in [-0.15, -0.1) is 0 Å². The second-order valence-corrected chi connectivity index (χ2v) is 4.86. The Hall–Kier alpha value is -0.810. The molecule has 1 nitrogen and oxygen atoms in total. The van der Waals surface area contributed by atoms with E-state index >= 15 is 0 Å². The first-order valence-corrected chi connectivity index (χ1v) is 5.78. The molecule has 0 bridgehead atoms. The number of hydrogen-bond acceptors (Lipinski definition) is 1. The highest BCUT2D eigenvalue weighted by Crippen LogP contribution is 2.33. The molecule has 0 aliphatic carbocycles. The Morgan fingerprint density at radius 1 is 1.35 bits per heavy atom. The Bertz CT molecular complexity index is 434. The van der Waals surface area contributed by atoms with Gasteiger partial charge in [0, 0.05) is 10.5 Å². The molecule has 0 aliphatic rings. The van der Waals surface area contributed by atoms with Gasteiger partial charge >= 0.3 is 6.18 Å². The molecule has 2 N–H and O–H groups in total. The Morgan fingerprint density at radius 3 is 2.41 bits per heavy atom. The van der Waals surface area contributed by atoms with Gasteiger partial charge in [-0.3, -0.25) is 0 Å². The van der Waals surface area contributed by atoms with Gasteiger partial charge in [0.15, 0.2) is 0 Å². The maximum absolute atomic E-state index is 12.6. The summed E-state index contributed by atoms with van der Waals surface area (Å²) >= 11 is 3.21. The standard InChI is InChI=1S/C12H13BrF3N/c1-7(2)5-11(17)9-6-8(12(14,15)16)3-4-10(9)13/h3-6,11H,17H2,1-2H3. The molecule has 1 aromatic rings. The van der Waals surface area contributed by atoms with Gasteiger partial charge in [0.05, 0.1) is 5.56 Å². The Labute approximate surface area is 107 Å². The van der Waals surface area contributed by atoms with Crippen LogP contribution in [-0.4, -0.2) is 0 Å². The fraction of sp³-hybridized carbons (Fsp3) is 0.333. The van der Waals surface area contributed by atoms with E-state index < -0.39 is 17.8 Å². The van der Waals surface area contributed by atoms with Crippen molar-refractivity contribution in [3.8, 4) is 0 Å². The fourth-order valence-electron chi connectivity index (χ4n) is 1.42. The van der Waals surface area contributed by atoms with Crippen LogP contribution < -0.4 is 5.73 Å². The van der Waals surface area contributed by atoms with Gasteiger partial charge in [-0.2, -0.15) is 13.2 Å². The normalized spacial score (nSPS) is 13.4. The topological polar surface area (TPSA) is 26.0 Å². The molecule has 0 saturated carbocycles. The maximum atomic E-state index is 12.6. The van der Waals surface area contributed by atoms with Crippen molar-refractivity contribution in [2.45, 2.75) is 26.1 Å². The van der Waals surface area contributed by atoms with Crippen molar-refractivity contribution in [1.29, 1.82) is 0 Å². The Balaban J connectivity index is 3.20. The molecule has 1 aromatic carbocycles. The summed E-state index contributed by atoms with van der Waals surface area (Å²) in [5.74, 6) is 0. The summed E-state index contributed by atoms with van der Waals surface area (Å²) in [6, 6.07) is 2.94. The highest BCUT2D eigenvalue weighted by Gasteiger charge is 2.31. The predicted octanol–water partition coefficient (Wildman–Crippen LogP) is 4.43. The van der Waals surface area contributed by atoms with Crippen LogP contribution in [0.2, 0.25) is 0 Å². The van der Waals surface area contributed by atoms with Crippen LogP contribution in [0.15, 0.2) is 34.3 Å². The van der Waals surface area contributed by atoms with Gasteiger partial charge < -0.3 is 5.73 Å². The van der Waals surface area contributed by atoms with Crippen LogP contribution >= 0.6 is 15.9 Å². The number of halogens is 4. The summed E-state index contributed by atoms with van der Waals surface area (Å²) in [4.78, 5) is 0. The zero-order chi connectivity index (χ0) is 13.2. The van der Waals surface area contributed by atoms with Gasteiger partial charge in [-0.25, -0.2) is 0 Å². The minimum atomic E-state index is -4.35. The van der Waals surface area contributed by atoms with Crippen molar-refractivity contribution in [3.05, 3.63) is 45.4 Å². The molecule has 0 amide bonds. The number of hydrogen-bond donors (Lipinski definition) is 1. The van der Waals surface area contributed by atoms with Crippen LogP contribution in [0.1, 0.15) is 31.0 Å². The van der Waals surface area contributed by atoms with E-state index in [2.05, 4.69) is 15.9 Å². The first-order chi connectivity index (χ1) is 7.71. The third-order valence-electron chi connectivity index (χ3n) is 2.20. The van der Waals surface area contributed by atoms with Crippen molar-refractivity contribution in [2.75, 3.05) is 0 Å². The van der Waals surface area contributed by atoms with Crippen LogP contribution in [0.5, 0.6) is 0 Å². The molecule has 0 radical (unpaired) electrons. The van der Waals surface area contributed by atoms with Crippen LogP contribution in [0.3, 0.4) is 0 Å². The molecule has 0 aliphatic heterocycles. The maximum Gasteiger partial charge on any atom is 0.416 e. The Kier molecular flexibility index (Phi) is 4.38. The summed E-state index contributed by atoms with van der Waals surface area (Å²) in [5, 5.41) is 0. The lowest BCUT2D eigenvalue weighted by atomic mass is 10.0. The van der Waals surface area contributed by atoms with Crippen molar-refractivity contribution < 1.29 is 13.2 Å². The van der Waals surface area contributed by atoms with Crippen molar-refractivity contribution >= 4 is 15.9 Å². The first kappa shape index (κ1) is 14.3. The zero-order valence-electron chi connectivity index (χ0n) is 9.48. The second-order valence-electron chi connectivity index (χ2n) is 4.00. The van der Waals surface area contributed by atoms with Crippen LogP contribution in [0.25, 0.3) is 0 Å². The molecule has 0 spiro atoms. The van der Waals surface area contributed by atoms with Gasteiger partial charge in [0.25, 0.3) is 0 Å². The number of benzene rings is 1. The molecule has 1 rings (SSSR count). The van der Waals surface area contributed by atoms with Crippen LogP contribution in [-0.2, 0) is 6.18 Å². The SMILES string of the molecule is CC(C)=CC(N)c1cc(C(F)(F)F)ccc1Br.